The summed E-state index contributed by atoms with van der Waals surface area (Å²) in [6.45, 7) is 0. The zero-order valence-corrected chi connectivity index (χ0v) is 12.5. The van der Waals surface area contributed by atoms with Gasteiger partial charge in [-0.05, 0) is 23.8 Å². The molecule has 0 aliphatic rings. The summed E-state index contributed by atoms with van der Waals surface area (Å²) in [7, 11) is 1.30. The number of ketones is 1. The van der Waals surface area contributed by atoms with E-state index in [1.54, 1.807) is 24.3 Å². The monoisotopic (exact) mass is 332 g/mol. The molecule has 0 bridgehead atoms. The Balaban J connectivity index is 2.28. The second-order valence-electron chi connectivity index (χ2n) is 4.27. The second-order valence-corrected chi connectivity index (χ2v) is 5.18. The van der Waals surface area contributed by atoms with E-state index >= 15 is 0 Å². The van der Waals surface area contributed by atoms with Crippen LogP contribution in [-0.4, -0.2) is 18.9 Å². The summed E-state index contributed by atoms with van der Waals surface area (Å²) in [4.78, 5) is 24.0. The first-order valence-electron chi connectivity index (χ1n) is 6.07. The van der Waals surface area contributed by atoms with E-state index in [0.717, 1.165) is 10.0 Å². The molecule has 0 amide bonds. The van der Waals surface area contributed by atoms with Gasteiger partial charge in [-0.3, -0.25) is 4.79 Å². The van der Waals surface area contributed by atoms with E-state index in [-0.39, 0.29) is 12.2 Å². The zero-order chi connectivity index (χ0) is 14.5. The van der Waals surface area contributed by atoms with E-state index in [0.29, 0.717) is 11.1 Å². The number of hydrogen-bond acceptors (Lipinski definition) is 3. The maximum absolute atomic E-state index is 12.3. The van der Waals surface area contributed by atoms with Crippen LogP contribution in [0.25, 0.3) is 0 Å². The number of Topliss-reactive ketones (excluding diaryl/α,β-unsaturated/α-hetero) is 1. The van der Waals surface area contributed by atoms with E-state index in [1.165, 1.54) is 7.11 Å². The third-order valence-electron chi connectivity index (χ3n) is 2.89. The van der Waals surface area contributed by atoms with Gasteiger partial charge in [-0.25, -0.2) is 4.79 Å². The van der Waals surface area contributed by atoms with E-state index in [1.807, 2.05) is 24.3 Å². The predicted octanol–water partition coefficient (Wildman–Crippen LogP) is 3.66. The molecule has 4 heteroatoms. The van der Waals surface area contributed by atoms with Gasteiger partial charge in [0.15, 0.2) is 5.78 Å². The van der Waals surface area contributed by atoms with E-state index in [2.05, 4.69) is 15.9 Å². The fraction of sp³-hybridized carbons (Fsp3) is 0.125. The molecule has 0 fully saturated rings. The van der Waals surface area contributed by atoms with Gasteiger partial charge >= 0.3 is 5.97 Å². The molecule has 0 aromatic heterocycles. The Hall–Kier alpha value is -1.94. The van der Waals surface area contributed by atoms with Crippen molar-refractivity contribution in [2.45, 2.75) is 6.42 Å². The first-order chi connectivity index (χ1) is 9.61. The molecule has 0 atom stereocenters. The Morgan fingerprint density at radius 3 is 2.40 bits per heavy atom. The number of methoxy groups -OCH3 is 1. The van der Waals surface area contributed by atoms with Gasteiger partial charge in [-0.15, -0.1) is 0 Å². The molecule has 3 nitrogen and oxygen atoms in total. The van der Waals surface area contributed by atoms with Crippen molar-refractivity contribution < 1.29 is 14.3 Å². The minimum absolute atomic E-state index is 0.107. The lowest BCUT2D eigenvalue weighted by atomic mass is 9.98. The Morgan fingerprint density at radius 1 is 1.05 bits per heavy atom. The van der Waals surface area contributed by atoms with Crippen molar-refractivity contribution >= 4 is 27.7 Å². The Morgan fingerprint density at radius 2 is 1.75 bits per heavy atom. The van der Waals surface area contributed by atoms with Gasteiger partial charge in [0.05, 0.1) is 12.7 Å². The summed E-state index contributed by atoms with van der Waals surface area (Å²) >= 11 is 3.37. The molecular weight excluding hydrogens is 320 g/mol. The van der Waals surface area contributed by atoms with Crippen LogP contribution in [0.1, 0.15) is 26.3 Å². The molecular formula is C16H13BrO3. The van der Waals surface area contributed by atoms with E-state index in [9.17, 15) is 9.59 Å². The lowest BCUT2D eigenvalue weighted by molar-refractivity contribution is 0.0597. The molecule has 20 heavy (non-hydrogen) atoms. The van der Waals surface area contributed by atoms with Crippen LogP contribution in [0, 0.1) is 0 Å². The fourth-order valence-corrected chi connectivity index (χ4v) is 2.39. The number of carbonyl (C=O) groups excluding carboxylic acids is 2. The normalized spacial score (nSPS) is 10.1. The number of rotatable bonds is 4. The molecule has 0 heterocycles. The molecule has 0 saturated carbocycles. The van der Waals surface area contributed by atoms with Crippen molar-refractivity contribution in [1.82, 2.24) is 0 Å². The van der Waals surface area contributed by atoms with Crippen LogP contribution in [-0.2, 0) is 11.2 Å². The van der Waals surface area contributed by atoms with Gasteiger partial charge in [0.2, 0.25) is 0 Å². The van der Waals surface area contributed by atoms with Crippen molar-refractivity contribution in [1.29, 1.82) is 0 Å². The zero-order valence-electron chi connectivity index (χ0n) is 10.9. The van der Waals surface area contributed by atoms with Crippen LogP contribution in [0.4, 0.5) is 0 Å². The Kier molecular flexibility index (Phi) is 4.69. The number of halogens is 1. The molecule has 0 spiro atoms. The Labute approximate surface area is 125 Å². The van der Waals surface area contributed by atoms with Crippen LogP contribution < -0.4 is 0 Å². The highest BCUT2D eigenvalue weighted by molar-refractivity contribution is 9.10. The van der Waals surface area contributed by atoms with Gasteiger partial charge in [-0.1, -0.05) is 46.3 Å². The van der Waals surface area contributed by atoms with Crippen molar-refractivity contribution in [3.05, 3.63) is 69.7 Å². The minimum Gasteiger partial charge on any atom is -0.465 e. The lowest BCUT2D eigenvalue weighted by Crippen LogP contribution is -2.12. The molecule has 2 aromatic carbocycles. The maximum atomic E-state index is 12.3. The van der Waals surface area contributed by atoms with E-state index in [4.69, 9.17) is 4.74 Å². The van der Waals surface area contributed by atoms with Gasteiger partial charge in [0.1, 0.15) is 0 Å². The van der Waals surface area contributed by atoms with Crippen molar-refractivity contribution in [3.8, 4) is 0 Å². The molecule has 0 unspecified atom stereocenters. The number of benzene rings is 2. The highest BCUT2D eigenvalue weighted by Crippen LogP contribution is 2.16. The largest absolute Gasteiger partial charge is 0.465 e. The van der Waals surface area contributed by atoms with Crippen molar-refractivity contribution in [2.75, 3.05) is 7.11 Å². The topological polar surface area (TPSA) is 43.4 Å². The molecule has 0 radical (unpaired) electrons. The van der Waals surface area contributed by atoms with Crippen LogP contribution in [0.3, 0.4) is 0 Å². The average molecular weight is 333 g/mol. The quantitative estimate of drug-likeness (QED) is 0.633. The molecule has 0 aliphatic heterocycles. The SMILES string of the molecule is COC(=O)c1ccccc1C(=O)Cc1cccc(Br)c1. The van der Waals surface area contributed by atoms with Crippen molar-refractivity contribution in [3.63, 3.8) is 0 Å². The average Bonchev–Trinajstić information content (AvgIpc) is 2.46. The standard InChI is InChI=1S/C16H13BrO3/c1-20-16(19)14-8-3-2-7-13(14)15(18)10-11-5-4-6-12(17)9-11/h2-9H,10H2,1H3. The molecule has 0 aliphatic carbocycles. The summed E-state index contributed by atoms with van der Waals surface area (Å²) in [5.74, 6) is -0.604. The predicted molar refractivity (Wildman–Crippen MR) is 80.0 cm³/mol. The molecule has 2 aromatic rings. The summed E-state index contributed by atoms with van der Waals surface area (Å²) in [5, 5.41) is 0. The number of esters is 1. The fourth-order valence-electron chi connectivity index (χ4n) is 1.94. The van der Waals surface area contributed by atoms with Crippen LogP contribution in [0.5, 0.6) is 0 Å². The van der Waals surface area contributed by atoms with Gasteiger partial charge < -0.3 is 4.74 Å². The number of hydrogen-bond donors (Lipinski definition) is 0. The summed E-state index contributed by atoms with van der Waals surface area (Å²) in [5.41, 5.74) is 1.58. The molecule has 0 N–H and O–H groups in total. The molecule has 2 rings (SSSR count). The highest BCUT2D eigenvalue weighted by atomic mass is 79.9. The minimum atomic E-state index is -0.497. The lowest BCUT2D eigenvalue weighted by Gasteiger charge is -2.07. The molecule has 0 saturated heterocycles. The summed E-state index contributed by atoms with van der Waals surface area (Å²) < 4.78 is 5.62. The Bertz CT molecular complexity index is 650. The third-order valence-corrected chi connectivity index (χ3v) is 3.38. The highest BCUT2D eigenvalue weighted by Gasteiger charge is 2.17. The summed E-state index contributed by atoms with van der Waals surface area (Å²) in [6, 6.07) is 14.2. The third kappa shape index (κ3) is 3.33. The first kappa shape index (κ1) is 14.5. The second kappa shape index (κ2) is 6.48. The van der Waals surface area contributed by atoms with Crippen LogP contribution in [0.2, 0.25) is 0 Å². The van der Waals surface area contributed by atoms with Gasteiger partial charge in [-0.2, -0.15) is 0 Å². The van der Waals surface area contributed by atoms with Gasteiger partial charge in [0.25, 0.3) is 0 Å². The summed E-state index contributed by atoms with van der Waals surface area (Å²) in [6.07, 6.45) is 0.243. The van der Waals surface area contributed by atoms with Crippen molar-refractivity contribution in [2.24, 2.45) is 0 Å². The smallest absolute Gasteiger partial charge is 0.338 e. The number of carbonyl (C=O) groups is 2. The van der Waals surface area contributed by atoms with Gasteiger partial charge in [0, 0.05) is 16.5 Å². The molecule has 102 valence electrons. The first-order valence-corrected chi connectivity index (χ1v) is 6.86. The van der Waals surface area contributed by atoms with Crippen LogP contribution >= 0.6 is 15.9 Å². The van der Waals surface area contributed by atoms with E-state index < -0.39 is 5.97 Å². The van der Waals surface area contributed by atoms with Crippen LogP contribution in [0.15, 0.2) is 53.0 Å². The number of ether oxygens (including phenoxy) is 1. The maximum Gasteiger partial charge on any atom is 0.338 e.